The zero-order chi connectivity index (χ0) is 13.3. The Morgan fingerprint density at radius 3 is 2.72 bits per heavy atom. The van der Waals surface area contributed by atoms with Crippen molar-refractivity contribution in [3.05, 3.63) is 39.2 Å². The van der Waals surface area contributed by atoms with E-state index in [1.807, 2.05) is 0 Å². The molecule has 0 saturated carbocycles. The van der Waals surface area contributed by atoms with Crippen LogP contribution in [0, 0.1) is 10.1 Å². The minimum atomic E-state index is -0.560. The van der Waals surface area contributed by atoms with Crippen LogP contribution < -0.4 is 0 Å². The highest BCUT2D eigenvalue weighted by Crippen LogP contribution is 2.32. The van der Waals surface area contributed by atoms with Gasteiger partial charge in [0.2, 0.25) is 5.89 Å². The summed E-state index contributed by atoms with van der Waals surface area (Å²) < 4.78 is 5.26. The van der Waals surface area contributed by atoms with Crippen LogP contribution in [0.1, 0.15) is 18.2 Å². The van der Waals surface area contributed by atoms with Gasteiger partial charge in [-0.1, -0.05) is 11.6 Å². The maximum atomic E-state index is 10.9. The fourth-order valence-electron chi connectivity index (χ4n) is 1.34. The first-order valence-electron chi connectivity index (χ1n) is 4.91. The smallest absolute Gasteiger partial charge is 0.283 e. The van der Waals surface area contributed by atoms with Crippen molar-refractivity contribution in [2.24, 2.45) is 0 Å². The van der Waals surface area contributed by atoms with Gasteiger partial charge in [0.25, 0.3) is 11.6 Å². The summed E-state index contributed by atoms with van der Waals surface area (Å²) in [4.78, 5) is 10.4. The summed E-state index contributed by atoms with van der Waals surface area (Å²) in [7, 11) is 0. The van der Waals surface area contributed by atoms with E-state index in [9.17, 15) is 10.1 Å². The molecule has 0 bridgehead atoms. The average molecular weight is 288 g/mol. The summed E-state index contributed by atoms with van der Waals surface area (Å²) in [6.07, 6.45) is 0. The molecule has 8 heteroatoms. The standard InChI is InChI=1S/C10H7Cl2N3O3/c1-5(11)9-13-14-10(18-9)7-3-2-6(12)4-8(7)15(16)17/h2-5H,1H3. The summed E-state index contributed by atoms with van der Waals surface area (Å²) in [5.74, 6) is 0.247. The molecule has 6 nitrogen and oxygen atoms in total. The predicted molar refractivity (Wildman–Crippen MR) is 65.7 cm³/mol. The Kier molecular flexibility index (Phi) is 3.49. The second-order valence-corrected chi connectivity index (χ2v) is 4.57. The van der Waals surface area contributed by atoms with E-state index in [2.05, 4.69) is 10.2 Å². The Bertz CT molecular complexity index is 598. The van der Waals surface area contributed by atoms with Gasteiger partial charge in [0.15, 0.2) is 0 Å². The summed E-state index contributed by atoms with van der Waals surface area (Å²) in [6.45, 7) is 1.66. The Labute approximate surface area is 112 Å². The van der Waals surface area contributed by atoms with E-state index >= 15 is 0 Å². The Hall–Kier alpha value is -1.66. The molecule has 18 heavy (non-hydrogen) atoms. The van der Waals surface area contributed by atoms with E-state index in [0.29, 0.717) is 0 Å². The third-order valence-corrected chi connectivity index (χ3v) is 2.59. The molecule has 0 radical (unpaired) electrons. The lowest BCUT2D eigenvalue weighted by Gasteiger charge is -1.98. The molecule has 1 atom stereocenters. The molecule has 0 saturated heterocycles. The van der Waals surface area contributed by atoms with E-state index in [4.69, 9.17) is 27.6 Å². The van der Waals surface area contributed by atoms with Gasteiger partial charge in [-0.25, -0.2) is 0 Å². The largest absolute Gasteiger partial charge is 0.419 e. The minimum Gasteiger partial charge on any atom is -0.419 e. The molecular formula is C10H7Cl2N3O3. The van der Waals surface area contributed by atoms with Crippen LogP contribution in [-0.4, -0.2) is 15.1 Å². The van der Waals surface area contributed by atoms with Crippen molar-refractivity contribution in [1.29, 1.82) is 0 Å². The molecule has 0 spiro atoms. The molecule has 0 aliphatic carbocycles. The number of hydrogen-bond acceptors (Lipinski definition) is 5. The van der Waals surface area contributed by atoms with Crippen molar-refractivity contribution in [3.8, 4) is 11.5 Å². The molecule has 1 aromatic carbocycles. The fourth-order valence-corrected chi connectivity index (χ4v) is 1.60. The Morgan fingerprint density at radius 2 is 2.17 bits per heavy atom. The molecular weight excluding hydrogens is 281 g/mol. The van der Waals surface area contributed by atoms with Crippen LogP contribution in [0.5, 0.6) is 0 Å². The van der Waals surface area contributed by atoms with Gasteiger partial charge >= 0.3 is 0 Å². The maximum absolute atomic E-state index is 10.9. The molecule has 0 N–H and O–H groups in total. The van der Waals surface area contributed by atoms with Crippen LogP contribution in [0.25, 0.3) is 11.5 Å². The zero-order valence-corrected chi connectivity index (χ0v) is 10.6. The molecule has 1 unspecified atom stereocenters. The normalized spacial score (nSPS) is 12.4. The summed E-state index contributed by atoms with van der Waals surface area (Å²) >= 11 is 11.5. The summed E-state index contributed by atoms with van der Waals surface area (Å²) in [6, 6.07) is 4.19. The molecule has 94 valence electrons. The third-order valence-electron chi connectivity index (χ3n) is 2.17. The number of aromatic nitrogens is 2. The van der Waals surface area contributed by atoms with Crippen LogP contribution in [0.4, 0.5) is 5.69 Å². The van der Waals surface area contributed by atoms with Gasteiger partial charge in [-0.2, -0.15) is 0 Å². The van der Waals surface area contributed by atoms with Gasteiger partial charge in [0, 0.05) is 11.1 Å². The molecule has 1 heterocycles. The minimum absolute atomic E-state index is 0.0425. The Balaban J connectivity index is 2.52. The first-order valence-corrected chi connectivity index (χ1v) is 5.72. The van der Waals surface area contributed by atoms with E-state index in [1.165, 1.54) is 18.2 Å². The van der Waals surface area contributed by atoms with Crippen molar-refractivity contribution in [2.75, 3.05) is 0 Å². The van der Waals surface area contributed by atoms with Crippen molar-refractivity contribution < 1.29 is 9.34 Å². The fraction of sp³-hybridized carbons (Fsp3) is 0.200. The van der Waals surface area contributed by atoms with Crippen LogP contribution in [0.2, 0.25) is 5.02 Å². The molecule has 2 aromatic rings. The molecule has 0 aliphatic rings. The van der Waals surface area contributed by atoms with Crippen molar-refractivity contribution in [3.63, 3.8) is 0 Å². The number of nitrogens with zero attached hydrogens (tertiary/aromatic N) is 3. The van der Waals surface area contributed by atoms with Gasteiger partial charge in [0.05, 0.1) is 4.92 Å². The van der Waals surface area contributed by atoms with Crippen molar-refractivity contribution >= 4 is 28.9 Å². The predicted octanol–water partition coefficient (Wildman–Crippen LogP) is 3.60. The van der Waals surface area contributed by atoms with Crippen LogP contribution >= 0.6 is 23.2 Å². The molecule has 0 amide bonds. The Morgan fingerprint density at radius 1 is 1.44 bits per heavy atom. The van der Waals surface area contributed by atoms with Crippen LogP contribution in [0.15, 0.2) is 22.6 Å². The highest BCUT2D eigenvalue weighted by Gasteiger charge is 2.21. The van der Waals surface area contributed by atoms with Crippen LogP contribution in [0.3, 0.4) is 0 Å². The number of alkyl halides is 1. The van der Waals surface area contributed by atoms with E-state index in [1.54, 1.807) is 6.92 Å². The van der Waals surface area contributed by atoms with Crippen LogP contribution in [-0.2, 0) is 0 Å². The summed E-state index contributed by atoms with van der Waals surface area (Å²) in [5.41, 5.74) is 0.0143. The number of benzene rings is 1. The maximum Gasteiger partial charge on any atom is 0.283 e. The van der Waals surface area contributed by atoms with Gasteiger partial charge in [-0.05, 0) is 19.1 Å². The monoisotopic (exact) mass is 287 g/mol. The number of nitro groups is 1. The lowest BCUT2D eigenvalue weighted by Crippen LogP contribution is -1.92. The first kappa shape index (κ1) is 12.8. The van der Waals surface area contributed by atoms with E-state index in [0.717, 1.165) is 0 Å². The second kappa shape index (κ2) is 4.91. The highest BCUT2D eigenvalue weighted by atomic mass is 35.5. The van der Waals surface area contributed by atoms with Gasteiger partial charge < -0.3 is 4.42 Å². The molecule has 0 aliphatic heterocycles. The van der Waals surface area contributed by atoms with E-state index in [-0.39, 0.29) is 28.1 Å². The summed E-state index contributed by atoms with van der Waals surface area (Å²) in [5, 5.41) is 18.2. The van der Waals surface area contributed by atoms with Gasteiger partial charge in [-0.15, -0.1) is 21.8 Å². The molecule has 1 aromatic heterocycles. The first-order chi connectivity index (χ1) is 8.49. The van der Waals surface area contributed by atoms with Crippen molar-refractivity contribution in [2.45, 2.75) is 12.3 Å². The SMILES string of the molecule is CC(Cl)c1nnc(-c2ccc(Cl)cc2[N+](=O)[O-])o1. The zero-order valence-electron chi connectivity index (χ0n) is 9.13. The lowest BCUT2D eigenvalue weighted by atomic mass is 10.2. The van der Waals surface area contributed by atoms with Crippen molar-refractivity contribution in [1.82, 2.24) is 10.2 Å². The molecule has 0 fully saturated rings. The third kappa shape index (κ3) is 2.44. The quantitative estimate of drug-likeness (QED) is 0.489. The highest BCUT2D eigenvalue weighted by molar-refractivity contribution is 6.30. The van der Waals surface area contributed by atoms with E-state index < -0.39 is 10.3 Å². The van der Waals surface area contributed by atoms with Gasteiger partial charge in [-0.3, -0.25) is 10.1 Å². The number of halogens is 2. The van der Waals surface area contributed by atoms with Gasteiger partial charge in [0.1, 0.15) is 10.9 Å². The topological polar surface area (TPSA) is 82.1 Å². The average Bonchev–Trinajstić information content (AvgIpc) is 2.78. The number of rotatable bonds is 3. The second-order valence-electron chi connectivity index (χ2n) is 3.48. The number of hydrogen-bond donors (Lipinski definition) is 0. The number of nitro benzene ring substituents is 1. The lowest BCUT2D eigenvalue weighted by molar-refractivity contribution is -0.384. The molecule has 2 rings (SSSR count).